The molecule has 7 nitrogen and oxygen atoms in total. The van der Waals surface area contributed by atoms with Crippen LogP contribution in [0.25, 0.3) is 0 Å². The number of furan rings is 1. The van der Waals surface area contributed by atoms with Gasteiger partial charge in [-0.2, -0.15) is 0 Å². The number of carbonyl (C=O) groups is 3. The number of Topliss-reactive ketones (excluding diaryl/α,β-unsaturated/α-hetero) is 2. The molecule has 5 rings (SSSR count). The Bertz CT molecular complexity index is 1240. The lowest BCUT2D eigenvalue weighted by Gasteiger charge is -2.34. The van der Waals surface area contributed by atoms with Gasteiger partial charge in [0.1, 0.15) is 5.75 Å². The van der Waals surface area contributed by atoms with Crippen LogP contribution in [0.2, 0.25) is 0 Å². The molecule has 1 aliphatic heterocycles. The zero-order valence-corrected chi connectivity index (χ0v) is 16.8. The van der Waals surface area contributed by atoms with Gasteiger partial charge >= 0.3 is 0 Å². The Morgan fingerprint density at radius 3 is 2.52 bits per heavy atom. The van der Waals surface area contributed by atoms with E-state index in [0.717, 1.165) is 5.56 Å². The van der Waals surface area contributed by atoms with E-state index in [1.54, 1.807) is 36.4 Å². The van der Waals surface area contributed by atoms with Crippen molar-refractivity contribution in [2.24, 2.45) is 0 Å². The second-order valence-corrected chi connectivity index (χ2v) is 8.04. The summed E-state index contributed by atoms with van der Waals surface area (Å²) in [7, 11) is 0. The van der Waals surface area contributed by atoms with E-state index in [0.29, 0.717) is 5.56 Å². The second kappa shape index (κ2) is 6.39. The van der Waals surface area contributed by atoms with Crippen LogP contribution in [0, 0.1) is 0 Å². The largest absolute Gasteiger partial charge is 0.461 e. The Kier molecular flexibility index (Phi) is 3.97. The molecule has 3 aromatic rings. The number of amides is 1. The van der Waals surface area contributed by atoms with E-state index in [-0.39, 0.29) is 28.6 Å². The smallest absolute Gasteiger partial charge is 0.297 e. The number of aliphatic hydroxyl groups is 1. The van der Waals surface area contributed by atoms with Gasteiger partial charge in [-0.1, -0.05) is 50.2 Å². The number of carbonyl (C=O) groups excluding carboxylic acids is 3. The monoisotopic (exact) mass is 417 g/mol. The van der Waals surface area contributed by atoms with Gasteiger partial charge in [-0.15, -0.1) is 0 Å². The predicted octanol–water partition coefficient (Wildman–Crippen LogP) is 3.03. The maximum Gasteiger partial charge on any atom is 0.297 e. The van der Waals surface area contributed by atoms with Crippen LogP contribution in [0.1, 0.15) is 57.4 Å². The highest BCUT2D eigenvalue weighted by Gasteiger charge is 2.71. The van der Waals surface area contributed by atoms with Gasteiger partial charge in [0, 0.05) is 16.7 Å². The number of hydrogen-bond donors (Lipinski definition) is 2. The van der Waals surface area contributed by atoms with Gasteiger partial charge in [0.25, 0.3) is 17.5 Å². The molecule has 2 aromatic carbocycles. The minimum Gasteiger partial charge on any atom is -0.461 e. The van der Waals surface area contributed by atoms with Crippen LogP contribution in [-0.2, 0) is 16.1 Å². The zero-order chi connectivity index (χ0) is 22.0. The molecule has 2 aliphatic rings. The third-order valence-electron chi connectivity index (χ3n) is 5.97. The number of fused-ring (bicyclic) bond motifs is 5. The summed E-state index contributed by atoms with van der Waals surface area (Å²) in [6.07, 6.45) is 1.27. The summed E-state index contributed by atoms with van der Waals surface area (Å²) in [6, 6.07) is 14.5. The van der Waals surface area contributed by atoms with Crippen LogP contribution in [0.3, 0.4) is 0 Å². The fraction of sp³-hybridized carbons (Fsp3) is 0.208. The minimum absolute atomic E-state index is 0.172. The van der Waals surface area contributed by atoms with E-state index >= 15 is 0 Å². The van der Waals surface area contributed by atoms with Gasteiger partial charge in [0.05, 0.1) is 6.26 Å². The van der Waals surface area contributed by atoms with Crippen molar-refractivity contribution in [2.45, 2.75) is 31.1 Å². The molecule has 7 heteroatoms. The van der Waals surface area contributed by atoms with Crippen LogP contribution < -0.4 is 10.1 Å². The highest BCUT2D eigenvalue weighted by atomic mass is 16.6. The Morgan fingerprint density at radius 2 is 1.81 bits per heavy atom. The molecule has 1 aromatic heterocycles. The molecule has 1 aliphatic carbocycles. The topological polar surface area (TPSA) is 106 Å². The summed E-state index contributed by atoms with van der Waals surface area (Å²) in [5.74, 6) is -4.51. The normalized spacial score (nSPS) is 23.2. The van der Waals surface area contributed by atoms with E-state index in [1.165, 1.54) is 18.4 Å². The van der Waals surface area contributed by atoms with Crippen LogP contribution in [0.4, 0.5) is 0 Å². The van der Waals surface area contributed by atoms with Crippen molar-refractivity contribution in [2.75, 3.05) is 0 Å². The molecule has 2 unspecified atom stereocenters. The minimum atomic E-state index is -2.20. The van der Waals surface area contributed by atoms with Gasteiger partial charge in [-0.25, -0.2) is 0 Å². The number of ether oxygens (including phenoxy) is 1. The van der Waals surface area contributed by atoms with Crippen LogP contribution in [0.15, 0.2) is 65.3 Å². The fourth-order valence-corrected chi connectivity index (χ4v) is 4.38. The first-order valence-electron chi connectivity index (χ1n) is 9.90. The molecule has 31 heavy (non-hydrogen) atoms. The van der Waals surface area contributed by atoms with Crippen molar-refractivity contribution in [1.82, 2.24) is 5.32 Å². The average molecular weight is 417 g/mol. The van der Waals surface area contributed by atoms with E-state index in [9.17, 15) is 19.5 Å². The number of hydrogen-bond acceptors (Lipinski definition) is 6. The van der Waals surface area contributed by atoms with Gasteiger partial charge in [-0.05, 0) is 29.7 Å². The predicted molar refractivity (Wildman–Crippen MR) is 109 cm³/mol. The Morgan fingerprint density at radius 1 is 1.03 bits per heavy atom. The van der Waals surface area contributed by atoms with Crippen molar-refractivity contribution in [3.63, 3.8) is 0 Å². The molecular weight excluding hydrogens is 398 g/mol. The quantitative estimate of drug-likeness (QED) is 0.499. The SMILES string of the molecule is CC(C)c1ccc2c(c1)OC1(O)c3ccccc3C(=O)C21NC(=O)C(=O)c1ccco1. The van der Waals surface area contributed by atoms with Crippen LogP contribution in [-0.4, -0.2) is 22.6 Å². The van der Waals surface area contributed by atoms with E-state index in [4.69, 9.17) is 9.15 Å². The van der Waals surface area contributed by atoms with Crippen molar-refractivity contribution in [3.05, 3.63) is 88.9 Å². The molecule has 1 amide bonds. The summed E-state index contributed by atoms with van der Waals surface area (Å²) >= 11 is 0. The van der Waals surface area contributed by atoms with E-state index in [1.807, 2.05) is 19.9 Å². The van der Waals surface area contributed by atoms with Crippen LogP contribution >= 0.6 is 0 Å². The molecule has 0 saturated heterocycles. The molecule has 2 atom stereocenters. The first-order valence-corrected chi connectivity index (χ1v) is 9.90. The van der Waals surface area contributed by atoms with Gasteiger partial charge in [0.15, 0.2) is 5.76 Å². The summed E-state index contributed by atoms with van der Waals surface area (Å²) < 4.78 is 11.0. The Balaban J connectivity index is 1.69. The molecule has 0 spiro atoms. The second-order valence-electron chi connectivity index (χ2n) is 8.04. The molecule has 0 fully saturated rings. The average Bonchev–Trinajstić information content (AvgIpc) is 3.42. The lowest BCUT2D eigenvalue weighted by molar-refractivity contribution is -0.174. The first kappa shape index (κ1) is 19.3. The van der Waals surface area contributed by atoms with E-state index in [2.05, 4.69) is 5.32 Å². The summed E-state index contributed by atoms with van der Waals surface area (Å²) in [5, 5.41) is 14.2. The first-order chi connectivity index (χ1) is 14.8. The zero-order valence-electron chi connectivity index (χ0n) is 16.8. The maximum absolute atomic E-state index is 13.6. The molecule has 2 N–H and O–H groups in total. The summed E-state index contributed by atoms with van der Waals surface area (Å²) in [4.78, 5) is 39.1. The van der Waals surface area contributed by atoms with Crippen molar-refractivity contribution in [3.8, 4) is 5.75 Å². The number of rotatable bonds is 4. The molecule has 0 saturated carbocycles. The summed E-state index contributed by atoms with van der Waals surface area (Å²) in [6.45, 7) is 4.01. The molecule has 2 heterocycles. The number of nitrogens with one attached hydrogen (secondary N) is 1. The lowest BCUT2D eigenvalue weighted by atomic mass is 9.82. The maximum atomic E-state index is 13.6. The lowest BCUT2D eigenvalue weighted by Crippen LogP contribution is -2.61. The van der Waals surface area contributed by atoms with Crippen LogP contribution in [0.5, 0.6) is 5.75 Å². The van der Waals surface area contributed by atoms with E-state index < -0.39 is 28.8 Å². The molecule has 0 bridgehead atoms. The standard InChI is InChI=1S/C24H19NO6/c1-13(2)14-9-10-17-19(12-14)31-24(29)16-7-4-3-6-15(16)21(27)23(17,24)25-22(28)20(26)18-8-5-11-30-18/h3-13,29H,1-2H3,(H,25,28). The Labute approximate surface area is 177 Å². The molecule has 156 valence electrons. The summed E-state index contributed by atoms with van der Waals surface area (Å²) in [5.41, 5.74) is -0.319. The van der Waals surface area contributed by atoms with Crippen molar-refractivity contribution in [1.29, 1.82) is 0 Å². The Hall–Kier alpha value is -3.71. The third kappa shape index (κ3) is 2.41. The van der Waals surface area contributed by atoms with Gasteiger partial charge in [0.2, 0.25) is 11.3 Å². The fourth-order valence-electron chi connectivity index (χ4n) is 4.38. The van der Waals surface area contributed by atoms with Crippen molar-refractivity contribution < 1.29 is 28.6 Å². The number of benzene rings is 2. The molecular formula is C24H19NO6. The molecule has 0 radical (unpaired) electrons. The third-order valence-corrected chi connectivity index (χ3v) is 5.97. The number of ketones is 2. The highest BCUT2D eigenvalue weighted by Crippen LogP contribution is 2.58. The van der Waals surface area contributed by atoms with Gasteiger partial charge < -0.3 is 19.6 Å². The van der Waals surface area contributed by atoms with Gasteiger partial charge in [-0.3, -0.25) is 14.4 Å². The van der Waals surface area contributed by atoms with Crippen molar-refractivity contribution >= 4 is 17.5 Å². The highest BCUT2D eigenvalue weighted by molar-refractivity contribution is 6.42.